The fourth-order valence-corrected chi connectivity index (χ4v) is 5.06. The Morgan fingerprint density at radius 1 is 1.10 bits per heavy atom. The molecule has 0 aliphatic carbocycles. The number of nitrogens with one attached hydrogen (secondary N) is 3. The summed E-state index contributed by atoms with van der Waals surface area (Å²) in [6.45, 7) is 9.69. The van der Waals surface area contributed by atoms with Crippen molar-refractivity contribution in [2.45, 2.75) is 51.9 Å². The Balaban J connectivity index is 2.53. The number of aliphatic imine (C=N–C) groups is 1. The minimum absolute atomic E-state index is 0.0233. The van der Waals surface area contributed by atoms with E-state index in [1.54, 1.807) is 58.0 Å². The number of rotatable bonds is 8. The van der Waals surface area contributed by atoms with Crippen LogP contribution in [0.4, 0.5) is 15.3 Å². The molecule has 2 unspecified atom stereocenters. The molecule has 0 spiro atoms. The van der Waals surface area contributed by atoms with Crippen molar-refractivity contribution >= 4 is 58.0 Å². The highest BCUT2D eigenvalue weighted by molar-refractivity contribution is 8.17. The van der Waals surface area contributed by atoms with E-state index in [0.29, 0.717) is 10.9 Å². The van der Waals surface area contributed by atoms with Gasteiger partial charge in [-0.3, -0.25) is 19.5 Å². The Morgan fingerprint density at radius 3 is 2.28 bits per heavy atom. The molecule has 3 N–H and O–H groups in total. The third-order valence-electron chi connectivity index (χ3n) is 5.32. The summed E-state index contributed by atoms with van der Waals surface area (Å²) in [5, 5.41) is 11.2. The normalized spacial score (nSPS) is 19.9. The Hall–Kier alpha value is -3.94. The van der Waals surface area contributed by atoms with Crippen molar-refractivity contribution in [3.05, 3.63) is 30.3 Å². The van der Waals surface area contributed by atoms with Crippen molar-refractivity contribution in [2.24, 2.45) is 21.1 Å². The first kappa shape index (κ1) is 31.3. The lowest BCUT2D eigenvalue weighted by atomic mass is 9.83. The zero-order valence-electron chi connectivity index (χ0n) is 23.3. The van der Waals surface area contributed by atoms with E-state index in [1.807, 2.05) is 0 Å². The van der Waals surface area contributed by atoms with E-state index in [9.17, 15) is 19.2 Å². The van der Waals surface area contributed by atoms with Crippen LogP contribution in [0, 0.1) is 5.92 Å². The fraction of sp³-hybridized carbons (Fsp3) is 0.480. The lowest BCUT2D eigenvalue weighted by Gasteiger charge is -2.32. The molecule has 0 aromatic heterocycles. The van der Waals surface area contributed by atoms with Gasteiger partial charge in [-0.2, -0.15) is 10.2 Å². The molecular weight excluding hydrogens is 526 g/mol. The number of carbonyl (C=O) groups excluding carboxylic acids is 4. The van der Waals surface area contributed by atoms with Gasteiger partial charge in [-0.1, -0.05) is 30.0 Å². The molecule has 39 heavy (non-hydrogen) atoms. The van der Waals surface area contributed by atoms with E-state index in [1.165, 1.54) is 32.8 Å². The second-order valence-corrected chi connectivity index (χ2v) is 10.6. The molecule has 1 saturated heterocycles. The Kier molecular flexibility index (Phi) is 10.6. The first-order valence-corrected chi connectivity index (χ1v) is 12.9. The summed E-state index contributed by atoms with van der Waals surface area (Å²) < 4.78 is 8.79. The van der Waals surface area contributed by atoms with Crippen LogP contribution in [-0.4, -0.2) is 76.5 Å². The van der Waals surface area contributed by atoms with Crippen LogP contribution >= 0.6 is 11.8 Å². The monoisotopic (exact) mass is 561 g/mol. The van der Waals surface area contributed by atoms with Gasteiger partial charge in [0.15, 0.2) is 9.91 Å². The molecule has 2 rings (SSSR count). The molecule has 1 aliphatic rings. The molecular formula is C25H35N7O6S. The number of hydrogen-bond acceptors (Lipinski definition) is 10. The smallest absolute Gasteiger partial charge is 0.428 e. The topological polar surface area (TPSA) is 163 Å². The first-order chi connectivity index (χ1) is 18.3. The quantitative estimate of drug-likeness (QED) is 0.249. The second-order valence-electron chi connectivity index (χ2n) is 9.39. The molecule has 1 fully saturated rings. The largest absolute Gasteiger partial charge is 0.465 e. The van der Waals surface area contributed by atoms with Gasteiger partial charge in [0.1, 0.15) is 11.5 Å². The van der Waals surface area contributed by atoms with E-state index < -0.39 is 40.3 Å². The van der Waals surface area contributed by atoms with Crippen LogP contribution in [0.25, 0.3) is 0 Å². The van der Waals surface area contributed by atoms with Crippen LogP contribution in [0.15, 0.2) is 45.5 Å². The number of para-hydroxylation sites is 1. The number of esters is 1. The summed E-state index contributed by atoms with van der Waals surface area (Å²) >= 11 is 0.971. The van der Waals surface area contributed by atoms with Crippen LogP contribution in [-0.2, 0) is 19.1 Å². The van der Waals surface area contributed by atoms with Gasteiger partial charge in [-0.25, -0.2) is 20.4 Å². The molecule has 0 radical (unpaired) electrons. The lowest BCUT2D eigenvalue weighted by Crippen LogP contribution is -2.55. The Bertz CT molecular complexity index is 1180. The van der Waals surface area contributed by atoms with Crippen molar-refractivity contribution < 1.29 is 28.7 Å². The number of hydrogen-bond donors (Lipinski definition) is 3. The third kappa shape index (κ3) is 7.78. The molecule has 4 amide bonds. The maximum atomic E-state index is 13.8. The summed E-state index contributed by atoms with van der Waals surface area (Å²) in [5.74, 6) is -2.67. The van der Waals surface area contributed by atoms with Gasteiger partial charge in [-0.05, 0) is 53.7 Å². The third-order valence-corrected chi connectivity index (χ3v) is 6.98. The molecule has 13 nitrogen and oxygen atoms in total. The molecule has 0 bridgehead atoms. The summed E-state index contributed by atoms with van der Waals surface area (Å²) in [4.78, 5) is 57.3. The van der Waals surface area contributed by atoms with Crippen molar-refractivity contribution in [1.29, 1.82) is 0 Å². The predicted molar refractivity (Wildman–Crippen MR) is 151 cm³/mol. The zero-order valence-corrected chi connectivity index (χ0v) is 24.1. The Morgan fingerprint density at radius 2 is 1.74 bits per heavy atom. The van der Waals surface area contributed by atoms with Gasteiger partial charge >= 0.3 is 18.1 Å². The molecule has 212 valence electrons. The van der Waals surface area contributed by atoms with E-state index >= 15 is 0 Å². The van der Waals surface area contributed by atoms with E-state index in [0.717, 1.165) is 11.8 Å². The number of urea groups is 1. The van der Waals surface area contributed by atoms with E-state index in [-0.39, 0.29) is 18.0 Å². The minimum atomic E-state index is -1.74. The van der Waals surface area contributed by atoms with Crippen molar-refractivity contribution in [3.8, 4) is 0 Å². The highest BCUT2D eigenvalue weighted by Crippen LogP contribution is 2.45. The van der Waals surface area contributed by atoms with Crippen LogP contribution < -0.4 is 16.2 Å². The minimum Gasteiger partial charge on any atom is -0.465 e. The number of amidine groups is 1. The summed E-state index contributed by atoms with van der Waals surface area (Å²) in [6.07, 6.45) is -0.846. The summed E-state index contributed by atoms with van der Waals surface area (Å²) in [6, 6.07) is 8.05. The summed E-state index contributed by atoms with van der Waals surface area (Å²) in [5.41, 5.74) is 4.51. The van der Waals surface area contributed by atoms with Crippen LogP contribution in [0.2, 0.25) is 0 Å². The van der Waals surface area contributed by atoms with Crippen molar-refractivity contribution in [3.63, 3.8) is 0 Å². The average Bonchev–Trinajstić information content (AvgIpc) is 3.12. The van der Waals surface area contributed by atoms with Gasteiger partial charge in [0.05, 0.1) is 18.0 Å². The fourth-order valence-electron chi connectivity index (χ4n) is 3.66. The van der Waals surface area contributed by atoms with E-state index in [4.69, 9.17) is 9.47 Å². The van der Waals surface area contributed by atoms with Gasteiger partial charge in [0.25, 0.3) is 5.91 Å². The van der Waals surface area contributed by atoms with Crippen molar-refractivity contribution in [2.75, 3.05) is 26.0 Å². The number of amides is 4. The maximum Gasteiger partial charge on any atom is 0.428 e. The zero-order chi connectivity index (χ0) is 29.4. The first-order valence-electron chi connectivity index (χ1n) is 12.1. The van der Waals surface area contributed by atoms with Gasteiger partial charge in [-0.15, -0.1) is 0 Å². The number of nitrogens with zero attached hydrogens (tertiary/aromatic N) is 4. The van der Waals surface area contributed by atoms with Crippen LogP contribution in [0.5, 0.6) is 0 Å². The number of benzene rings is 1. The van der Waals surface area contributed by atoms with Crippen molar-refractivity contribution in [1.82, 2.24) is 15.8 Å². The SMILES string of the molecule is CCOC(=O)C(/C(C)=N/NC(=O)OC(C)(C)C)C1(/C(C)=N/NC(=O)Nc2ccccc2)SC(=NC)N(C)C1=O. The molecule has 14 heteroatoms. The molecule has 1 aromatic rings. The molecule has 0 saturated carbocycles. The molecule has 1 aromatic carbocycles. The van der Waals surface area contributed by atoms with Crippen LogP contribution in [0.3, 0.4) is 0 Å². The number of hydrazone groups is 2. The Labute approximate surface area is 231 Å². The standard InChI is InChI=1S/C25H35N7O6S/c1-9-37-19(33)18(15(2)28-31-23(36)38-24(4,5)6)25(20(34)32(8)22(26-7)39-25)16(3)29-30-21(35)27-17-13-11-10-12-14-17/h10-14,18H,9H2,1-8H3,(H,31,36)(H2,27,30,35)/b26-22?,28-15+,29-16+. The van der Waals surface area contributed by atoms with Crippen LogP contribution in [0.1, 0.15) is 41.5 Å². The van der Waals surface area contributed by atoms with Gasteiger partial charge in [0.2, 0.25) is 0 Å². The molecule has 1 heterocycles. The van der Waals surface area contributed by atoms with Gasteiger partial charge in [0, 0.05) is 19.8 Å². The summed E-state index contributed by atoms with van der Waals surface area (Å²) in [7, 11) is 3.01. The predicted octanol–water partition coefficient (Wildman–Crippen LogP) is 3.19. The lowest BCUT2D eigenvalue weighted by molar-refractivity contribution is -0.148. The van der Waals surface area contributed by atoms with Gasteiger partial charge < -0.3 is 14.8 Å². The second kappa shape index (κ2) is 13.2. The molecule has 1 aliphatic heterocycles. The maximum absolute atomic E-state index is 13.8. The number of anilines is 1. The number of thioether (sulfide) groups is 1. The molecule has 2 atom stereocenters. The highest BCUT2D eigenvalue weighted by atomic mass is 32.2. The number of ether oxygens (including phenoxy) is 2. The van der Waals surface area contributed by atoms with E-state index in [2.05, 4.69) is 31.4 Å². The number of carbonyl (C=O) groups is 4. The highest BCUT2D eigenvalue weighted by Gasteiger charge is 2.61. The average molecular weight is 562 g/mol.